The summed E-state index contributed by atoms with van der Waals surface area (Å²) in [4.78, 5) is 11.2. The molecule has 0 saturated carbocycles. The van der Waals surface area contributed by atoms with E-state index in [1.54, 1.807) is 6.92 Å². The molecule has 0 aliphatic carbocycles. The van der Waals surface area contributed by atoms with Crippen LogP contribution < -0.4 is 11.1 Å². The molecule has 0 saturated heterocycles. The SMILES string of the molecule is CCCNC(C)(CCOCC(F)F)C(N)=O. The van der Waals surface area contributed by atoms with E-state index < -0.39 is 24.5 Å². The topological polar surface area (TPSA) is 64.3 Å². The summed E-state index contributed by atoms with van der Waals surface area (Å²) in [6, 6.07) is 0. The van der Waals surface area contributed by atoms with Crippen molar-refractivity contribution in [1.82, 2.24) is 5.32 Å². The lowest BCUT2D eigenvalue weighted by atomic mass is 9.97. The molecule has 0 fully saturated rings. The van der Waals surface area contributed by atoms with Gasteiger partial charge >= 0.3 is 0 Å². The van der Waals surface area contributed by atoms with Gasteiger partial charge in [-0.2, -0.15) is 0 Å². The van der Waals surface area contributed by atoms with Crippen molar-refractivity contribution in [2.45, 2.75) is 38.7 Å². The van der Waals surface area contributed by atoms with Crippen molar-refractivity contribution >= 4 is 5.91 Å². The highest BCUT2D eigenvalue weighted by molar-refractivity contribution is 5.84. The van der Waals surface area contributed by atoms with E-state index in [0.717, 1.165) is 6.42 Å². The van der Waals surface area contributed by atoms with Crippen LogP contribution in [-0.2, 0) is 9.53 Å². The van der Waals surface area contributed by atoms with Crippen molar-refractivity contribution in [2.24, 2.45) is 5.73 Å². The van der Waals surface area contributed by atoms with Gasteiger partial charge in [-0.25, -0.2) is 8.78 Å². The summed E-state index contributed by atoms with van der Waals surface area (Å²) in [5.74, 6) is -0.499. The van der Waals surface area contributed by atoms with Gasteiger partial charge in [0.1, 0.15) is 6.61 Å². The molecule has 0 aromatic carbocycles. The molecule has 16 heavy (non-hydrogen) atoms. The van der Waals surface area contributed by atoms with Gasteiger partial charge in [0.15, 0.2) is 0 Å². The molecule has 0 heterocycles. The van der Waals surface area contributed by atoms with Crippen LogP contribution in [0.1, 0.15) is 26.7 Å². The van der Waals surface area contributed by atoms with E-state index in [0.29, 0.717) is 6.54 Å². The first-order valence-corrected chi connectivity index (χ1v) is 5.33. The van der Waals surface area contributed by atoms with Gasteiger partial charge in [-0.1, -0.05) is 6.92 Å². The highest BCUT2D eigenvalue weighted by atomic mass is 19.3. The smallest absolute Gasteiger partial charge is 0.261 e. The van der Waals surface area contributed by atoms with Crippen LogP contribution in [0.2, 0.25) is 0 Å². The molecule has 0 aliphatic rings. The van der Waals surface area contributed by atoms with Gasteiger partial charge in [0, 0.05) is 6.61 Å². The molecule has 1 unspecified atom stereocenters. The Balaban J connectivity index is 3.98. The second kappa shape index (κ2) is 7.51. The lowest BCUT2D eigenvalue weighted by Crippen LogP contribution is -2.54. The maximum atomic E-state index is 11.8. The number of ether oxygens (including phenoxy) is 1. The van der Waals surface area contributed by atoms with Crippen LogP contribution in [-0.4, -0.2) is 37.6 Å². The molecule has 1 amide bonds. The number of hydrogen-bond donors (Lipinski definition) is 2. The molecule has 0 aliphatic heterocycles. The number of nitrogens with one attached hydrogen (secondary N) is 1. The Kier molecular flexibility index (Phi) is 7.16. The Morgan fingerprint density at radius 1 is 1.56 bits per heavy atom. The van der Waals surface area contributed by atoms with E-state index in [2.05, 4.69) is 5.32 Å². The Morgan fingerprint density at radius 3 is 2.62 bits per heavy atom. The van der Waals surface area contributed by atoms with Crippen LogP contribution in [0.5, 0.6) is 0 Å². The maximum Gasteiger partial charge on any atom is 0.261 e. The van der Waals surface area contributed by atoms with Crippen LogP contribution in [0.25, 0.3) is 0 Å². The fraction of sp³-hybridized carbons (Fsp3) is 0.900. The molecule has 3 N–H and O–H groups in total. The Bertz CT molecular complexity index is 215. The van der Waals surface area contributed by atoms with E-state index in [1.165, 1.54) is 0 Å². The van der Waals surface area contributed by atoms with Crippen molar-refractivity contribution in [1.29, 1.82) is 0 Å². The highest BCUT2D eigenvalue weighted by Crippen LogP contribution is 2.09. The monoisotopic (exact) mass is 238 g/mol. The average Bonchev–Trinajstić information content (AvgIpc) is 2.21. The quantitative estimate of drug-likeness (QED) is 0.587. The van der Waals surface area contributed by atoms with Crippen molar-refractivity contribution in [3.63, 3.8) is 0 Å². The van der Waals surface area contributed by atoms with Gasteiger partial charge in [-0.15, -0.1) is 0 Å². The first-order valence-electron chi connectivity index (χ1n) is 5.33. The number of alkyl halides is 2. The van der Waals surface area contributed by atoms with E-state index in [1.807, 2.05) is 6.92 Å². The summed E-state index contributed by atoms with van der Waals surface area (Å²) in [6.45, 7) is 3.73. The minimum absolute atomic E-state index is 0.0838. The highest BCUT2D eigenvalue weighted by Gasteiger charge is 2.29. The average molecular weight is 238 g/mol. The second-order valence-corrected chi connectivity index (χ2v) is 3.84. The zero-order valence-electron chi connectivity index (χ0n) is 9.76. The Morgan fingerprint density at radius 2 is 2.19 bits per heavy atom. The molecule has 0 aromatic heterocycles. The summed E-state index contributed by atoms with van der Waals surface area (Å²) in [6.07, 6.45) is -1.33. The number of rotatable bonds is 9. The lowest BCUT2D eigenvalue weighted by molar-refractivity contribution is -0.124. The Hall–Kier alpha value is -0.750. The van der Waals surface area contributed by atoms with E-state index in [9.17, 15) is 13.6 Å². The zero-order chi connectivity index (χ0) is 12.6. The summed E-state index contributed by atoms with van der Waals surface area (Å²) in [7, 11) is 0. The van der Waals surface area contributed by atoms with Gasteiger partial charge in [0.25, 0.3) is 6.43 Å². The van der Waals surface area contributed by atoms with Crippen molar-refractivity contribution in [3.05, 3.63) is 0 Å². The maximum absolute atomic E-state index is 11.8. The molecule has 0 bridgehead atoms. The van der Waals surface area contributed by atoms with Crippen LogP contribution in [0.4, 0.5) is 8.78 Å². The van der Waals surface area contributed by atoms with E-state index in [-0.39, 0.29) is 13.0 Å². The molecule has 4 nitrogen and oxygen atoms in total. The van der Waals surface area contributed by atoms with Crippen molar-refractivity contribution < 1.29 is 18.3 Å². The molecule has 0 spiro atoms. The fourth-order valence-electron chi connectivity index (χ4n) is 1.15. The first-order chi connectivity index (χ1) is 7.42. The number of carbonyl (C=O) groups is 1. The number of halogens is 2. The minimum atomic E-state index is -2.48. The van der Waals surface area contributed by atoms with E-state index in [4.69, 9.17) is 10.5 Å². The van der Waals surface area contributed by atoms with Crippen LogP contribution >= 0.6 is 0 Å². The molecular formula is C10H20F2N2O2. The molecule has 0 radical (unpaired) electrons. The largest absolute Gasteiger partial charge is 0.375 e. The van der Waals surface area contributed by atoms with Crippen LogP contribution in [0, 0.1) is 0 Å². The third kappa shape index (κ3) is 5.97. The van der Waals surface area contributed by atoms with E-state index >= 15 is 0 Å². The van der Waals surface area contributed by atoms with Crippen molar-refractivity contribution in [2.75, 3.05) is 19.8 Å². The third-order valence-corrected chi connectivity index (χ3v) is 2.30. The van der Waals surface area contributed by atoms with Crippen LogP contribution in [0.3, 0.4) is 0 Å². The minimum Gasteiger partial charge on any atom is -0.375 e. The molecule has 0 aromatic rings. The normalized spacial score (nSPS) is 15.1. The van der Waals surface area contributed by atoms with Crippen LogP contribution in [0.15, 0.2) is 0 Å². The standard InChI is InChI=1S/C10H20F2N2O2/c1-3-5-14-10(2,9(13)15)4-6-16-7-8(11)12/h8,14H,3-7H2,1-2H3,(H2,13,15). The molecule has 0 rings (SSSR count). The second-order valence-electron chi connectivity index (χ2n) is 3.84. The Labute approximate surface area is 94.5 Å². The third-order valence-electron chi connectivity index (χ3n) is 2.30. The molecular weight excluding hydrogens is 218 g/mol. The van der Waals surface area contributed by atoms with Crippen molar-refractivity contribution in [3.8, 4) is 0 Å². The van der Waals surface area contributed by atoms with Gasteiger partial charge in [-0.3, -0.25) is 4.79 Å². The predicted molar refractivity (Wildman–Crippen MR) is 57.3 cm³/mol. The van der Waals surface area contributed by atoms with Gasteiger partial charge in [0.2, 0.25) is 5.91 Å². The van der Waals surface area contributed by atoms with Gasteiger partial charge in [-0.05, 0) is 26.3 Å². The number of carbonyl (C=O) groups excluding carboxylic acids is 1. The first kappa shape index (κ1) is 15.2. The number of primary amides is 1. The van der Waals surface area contributed by atoms with Gasteiger partial charge < -0.3 is 15.8 Å². The summed E-state index contributed by atoms with van der Waals surface area (Å²) < 4.78 is 28.3. The summed E-state index contributed by atoms with van der Waals surface area (Å²) in [5.41, 5.74) is 4.36. The van der Waals surface area contributed by atoms with Gasteiger partial charge in [0.05, 0.1) is 5.54 Å². The molecule has 6 heteroatoms. The zero-order valence-corrected chi connectivity index (χ0v) is 9.76. The fourth-order valence-corrected chi connectivity index (χ4v) is 1.15. The number of amides is 1. The number of hydrogen-bond acceptors (Lipinski definition) is 3. The lowest BCUT2D eigenvalue weighted by Gasteiger charge is -2.27. The number of nitrogens with two attached hydrogens (primary N) is 1. The summed E-state index contributed by atoms with van der Waals surface area (Å²) >= 11 is 0. The molecule has 96 valence electrons. The predicted octanol–water partition coefficient (Wildman–Crippen LogP) is 0.902. The summed E-state index contributed by atoms with van der Waals surface area (Å²) in [5, 5.41) is 2.99. The molecule has 1 atom stereocenters.